The van der Waals surface area contributed by atoms with Crippen molar-refractivity contribution in [2.75, 3.05) is 18.0 Å². The molecule has 0 N–H and O–H groups in total. The highest BCUT2D eigenvalue weighted by Gasteiger charge is 2.21. The van der Waals surface area contributed by atoms with Gasteiger partial charge in [0.05, 0.1) is 16.3 Å². The molecule has 4 aromatic rings. The van der Waals surface area contributed by atoms with Crippen LogP contribution in [0.5, 0.6) is 0 Å². The molecule has 4 heterocycles. The summed E-state index contributed by atoms with van der Waals surface area (Å²) in [6.45, 7) is 2.06. The van der Waals surface area contributed by atoms with E-state index in [1.165, 1.54) is 19.3 Å². The molecule has 3 aromatic heterocycles. The van der Waals surface area contributed by atoms with Gasteiger partial charge < -0.3 is 9.32 Å². The molecule has 0 amide bonds. The third kappa shape index (κ3) is 3.95. The third-order valence-electron chi connectivity index (χ3n) is 4.90. The molecule has 29 heavy (non-hydrogen) atoms. The quantitative estimate of drug-likeness (QED) is 0.394. The Bertz CT molecular complexity index is 1050. The van der Waals surface area contributed by atoms with Crippen molar-refractivity contribution in [3.8, 4) is 16.5 Å². The van der Waals surface area contributed by atoms with Gasteiger partial charge in [0.1, 0.15) is 6.26 Å². The number of hydrogen-bond acceptors (Lipinski definition) is 7. The van der Waals surface area contributed by atoms with E-state index in [0.717, 1.165) is 40.5 Å². The van der Waals surface area contributed by atoms with Gasteiger partial charge in [0.25, 0.3) is 0 Å². The summed E-state index contributed by atoms with van der Waals surface area (Å²) in [5.41, 5.74) is 1.99. The van der Waals surface area contributed by atoms with Crippen LogP contribution in [-0.2, 0) is 5.75 Å². The van der Waals surface area contributed by atoms with E-state index >= 15 is 0 Å². The van der Waals surface area contributed by atoms with Gasteiger partial charge in [-0.1, -0.05) is 36.0 Å². The SMILES string of the molecule is c1ccc(-n2c(SCc3coc(-c4cccs4)n3)nnc2N2CCCCC2)cc1. The fraction of sp³-hybridized carbons (Fsp3) is 0.286. The van der Waals surface area contributed by atoms with E-state index in [2.05, 4.69) is 48.9 Å². The highest BCUT2D eigenvalue weighted by molar-refractivity contribution is 7.98. The van der Waals surface area contributed by atoms with Crippen molar-refractivity contribution >= 4 is 29.0 Å². The lowest BCUT2D eigenvalue weighted by atomic mass is 10.1. The number of hydrogen-bond donors (Lipinski definition) is 0. The number of oxazole rings is 1. The number of thiophene rings is 1. The zero-order valence-corrected chi connectivity index (χ0v) is 17.5. The Morgan fingerprint density at radius 2 is 1.86 bits per heavy atom. The van der Waals surface area contributed by atoms with Crippen LogP contribution in [0.2, 0.25) is 0 Å². The van der Waals surface area contributed by atoms with E-state index in [1.807, 2.05) is 23.6 Å². The van der Waals surface area contributed by atoms with E-state index in [9.17, 15) is 0 Å². The first-order chi connectivity index (χ1) is 14.4. The molecule has 0 bridgehead atoms. The number of anilines is 1. The molecule has 0 radical (unpaired) electrons. The highest BCUT2D eigenvalue weighted by Crippen LogP contribution is 2.31. The monoisotopic (exact) mass is 423 g/mol. The second kappa shape index (κ2) is 8.42. The Labute approximate surface area is 177 Å². The molecule has 1 aromatic carbocycles. The van der Waals surface area contributed by atoms with Crippen molar-refractivity contribution in [2.24, 2.45) is 0 Å². The number of benzene rings is 1. The average Bonchev–Trinajstić information content (AvgIpc) is 3.54. The first kappa shape index (κ1) is 18.4. The standard InChI is InChI=1S/C21H21N5OS2/c1-3-8-17(9-4-1)26-20(25-11-5-2-6-12-25)23-24-21(26)29-15-16-14-27-19(22-16)18-10-7-13-28-18/h1,3-4,7-10,13-14H,2,5-6,11-12,15H2. The fourth-order valence-corrected chi connectivity index (χ4v) is 4.96. The van der Waals surface area contributed by atoms with E-state index < -0.39 is 0 Å². The average molecular weight is 424 g/mol. The van der Waals surface area contributed by atoms with Crippen LogP contribution in [0.4, 0.5) is 5.95 Å². The molecular formula is C21H21N5OS2. The minimum absolute atomic E-state index is 0.675. The first-order valence-electron chi connectivity index (χ1n) is 9.75. The molecule has 0 saturated carbocycles. The Morgan fingerprint density at radius 1 is 1.00 bits per heavy atom. The zero-order valence-electron chi connectivity index (χ0n) is 15.9. The molecule has 0 aliphatic carbocycles. The highest BCUT2D eigenvalue weighted by atomic mass is 32.2. The van der Waals surface area contributed by atoms with Gasteiger partial charge in [0.15, 0.2) is 5.16 Å². The van der Waals surface area contributed by atoms with Crippen LogP contribution in [0.15, 0.2) is 63.7 Å². The number of rotatable bonds is 6. The van der Waals surface area contributed by atoms with Crippen LogP contribution in [0, 0.1) is 0 Å². The number of nitrogens with zero attached hydrogens (tertiary/aromatic N) is 5. The Balaban J connectivity index is 1.40. The third-order valence-corrected chi connectivity index (χ3v) is 6.72. The van der Waals surface area contributed by atoms with Crippen LogP contribution < -0.4 is 4.90 Å². The summed E-state index contributed by atoms with van der Waals surface area (Å²) in [4.78, 5) is 8.01. The van der Waals surface area contributed by atoms with Gasteiger partial charge in [-0.3, -0.25) is 4.57 Å². The molecule has 1 aliphatic heterocycles. The Morgan fingerprint density at radius 3 is 2.66 bits per heavy atom. The summed E-state index contributed by atoms with van der Waals surface area (Å²) in [6, 6.07) is 14.4. The summed E-state index contributed by atoms with van der Waals surface area (Å²) in [6.07, 6.45) is 5.43. The van der Waals surface area contributed by atoms with Crippen molar-refractivity contribution in [3.63, 3.8) is 0 Å². The van der Waals surface area contributed by atoms with Crippen LogP contribution >= 0.6 is 23.1 Å². The normalized spacial score (nSPS) is 14.4. The number of piperidine rings is 1. The summed E-state index contributed by atoms with van der Waals surface area (Å²) in [7, 11) is 0. The molecule has 0 atom stereocenters. The van der Waals surface area contributed by atoms with Crippen LogP contribution in [-0.4, -0.2) is 32.8 Å². The fourth-order valence-electron chi connectivity index (χ4n) is 3.48. The van der Waals surface area contributed by atoms with Gasteiger partial charge in [-0.15, -0.1) is 21.5 Å². The maximum Gasteiger partial charge on any atom is 0.236 e. The van der Waals surface area contributed by atoms with E-state index in [1.54, 1.807) is 29.4 Å². The zero-order chi connectivity index (χ0) is 19.5. The second-order valence-electron chi connectivity index (χ2n) is 6.91. The summed E-state index contributed by atoms with van der Waals surface area (Å²) in [5.74, 6) is 2.28. The van der Waals surface area contributed by atoms with Gasteiger partial charge in [0.2, 0.25) is 11.8 Å². The smallest absolute Gasteiger partial charge is 0.236 e. The Hall–Kier alpha value is -2.58. The van der Waals surface area contributed by atoms with E-state index in [0.29, 0.717) is 11.6 Å². The molecule has 6 nitrogen and oxygen atoms in total. The number of para-hydroxylation sites is 1. The lowest BCUT2D eigenvalue weighted by Gasteiger charge is -2.27. The molecule has 1 fully saturated rings. The van der Waals surface area contributed by atoms with Crippen LogP contribution in [0.25, 0.3) is 16.5 Å². The molecule has 5 rings (SSSR count). The van der Waals surface area contributed by atoms with Gasteiger partial charge in [-0.05, 0) is 42.8 Å². The molecule has 0 spiro atoms. The summed E-state index contributed by atoms with van der Waals surface area (Å²) < 4.78 is 7.81. The molecule has 1 saturated heterocycles. The second-order valence-corrected chi connectivity index (χ2v) is 8.80. The van der Waals surface area contributed by atoms with Crippen LogP contribution in [0.1, 0.15) is 25.0 Å². The molecule has 0 unspecified atom stereocenters. The van der Waals surface area contributed by atoms with Crippen molar-refractivity contribution in [2.45, 2.75) is 30.2 Å². The predicted molar refractivity (Wildman–Crippen MR) is 117 cm³/mol. The van der Waals surface area contributed by atoms with Gasteiger partial charge in [-0.2, -0.15) is 0 Å². The van der Waals surface area contributed by atoms with Gasteiger partial charge in [0, 0.05) is 18.8 Å². The molecule has 8 heteroatoms. The predicted octanol–water partition coefficient (Wildman–Crippen LogP) is 5.27. The topological polar surface area (TPSA) is 60.0 Å². The Kier molecular flexibility index (Phi) is 5.36. The van der Waals surface area contributed by atoms with E-state index in [4.69, 9.17) is 4.42 Å². The summed E-state index contributed by atoms with van der Waals surface area (Å²) >= 11 is 3.26. The van der Waals surface area contributed by atoms with Crippen molar-refractivity contribution in [1.82, 2.24) is 19.7 Å². The van der Waals surface area contributed by atoms with Crippen molar-refractivity contribution in [1.29, 1.82) is 0 Å². The van der Waals surface area contributed by atoms with Crippen molar-refractivity contribution < 1.29 is 4.42 Å². The van der Waals surface area contributed by atoms with Crippen molar-refractivity contribution in [3.05, 3.63) is 59.8 Å². The van der Waals surface area contributed by atoms with E-state index in [-0.39, 0.29) is 0 Å². The summed E-state index contributed by atoms with van der Waals surface area (Å²) in [5, 5.41) is 12.0. The first-order valence-corrected chi connectivity index (χ1v) is 11.6. The lowest BCUT2D eigenvalue weighted by Crippen LogP contribution is -2.31. The largest absolute Gasteiger partial charge is 0.444 e. The lowest BCUT2D eigenvalue weighted by molar-refractivity contribution is 0.564. The number of thioether (sulfide) groups is 1. The number of aromatic nitrogens is 4. The van der Waals surface area contributed by atoms with Gasteiger partial charge in [-0.25, -0.2) is 4.98 Å². The molecule has 1 aliphatic rings. The molecular weight excluding hydrogens is 402 g/mol. The van der Waals surface area contributed by atoms with Crippen LogP contribution in [0.3, 0.4) is 0 Å². The maximum absolute atomic E-state index is 5.65. The minimum Gasteiger partial charge on any atom is -0.444 e. The van der Waals surface area contributed by atoms with Gasteiger partial charge >= 0.3 is 0 Å². The molecule has 148 valence electrons. The maximum atomic E-state index is 5.65. The minimum atomic E-state index is 0.675.